The Morgan fingerprint density at radius 1 is 0.917 bits per heavy atom. The number of allylic oxidation sites excluding steroid dienone is 1. The van der Waals surface area contributed by atoms with Crippen LogP contribution in [0.1, 0.15) is 33.2 Å². The van der Waals surface area contributed by atoms with Gasteiger partial charge in [0.1, 0.15) is 0 Å². The molecule has 4 heteroatoms. The third kappa shape index (κ3) is 2.94. The van der Waals surface area contributed by atoms with Crippen molar-refractivity contribution in [2.75, 3.05) is 18.0 Å². The highest BCUT2D eigenvalue weighted by molar-refractivity contribution is 9.12. The molecule has 0 aromatic heterocycles. The molecule has 1 aliphatic rings. The molecule has 0 unspecified atom stereocenters. The average molecular weight is 384 g/mol. The maximum absolute atomic E-state index is 12.8. The number of anilines is 1. The fourth-order valence-corrected chi connectivity index (χ4v) is 3.39. The Labute approximate surface area is 150 Å². The number of carbonyl (C=O) groups is 2. The number of rotatable bonds is 4. The molecule has 0 amide bonds. The molecule has 3 nitrogen and oxygen atoms in total. The molecule has 1 aliphatic carbocycles. The molecular formula is C20H18BrNO2. The molecule has 0 saturated carbocycles. The summed E-state index contributed by atoms with van der Waals surface area (Å²) in [6, 6.07) is 15.2. The third-order valence-corrected chi connectivity index (χ3v) is 5.12. The van der Waals surface area contributed by atoms with E-state index in [-0.39, 0.29) is 11.6 Å². The van der Waals surface area contributed by atoms with Crippen molar-refractivity contribution in [1.29, 1.82) is 0 Å². The van der Waals surface area contributed by atoms with E-state index in [0.29, 0.717) is 27.7 Å². The van der Waals surface area contributed by atoms with Gasteiger partial charge in [0.25, 0.3) is 0 Å². The first-order chi connectivity index (χ1) is 11.5. The van der Waals surface area contributed by atoms with Gasteiger partial charge in [0.15, 0.2) is 5.78 Å². The summed E-state index contributed by atoms with van der Waals surface area (Å²) in [4.78, 5) is 27.5. The minimum absolute atomic E-state index is 0.0809. The number of likely N-dealkylation sites (N-methyl/N-ethyl adjacent to an activating group) is 1. The number of carbonyl (C=O) groups excluding carboxylic acids is 2. The van der Waals surface area contributed by atoms with Crippen molar-refractivity contribution in [3.8, 4) is 0 Å². The van der Waals surface area contributed by atoms with Crippen LogP contribution in [-0.2, 0) is 0 Å². The van der Waals surface area contributed by atoms with Crippen LogP contribution in [0, 0.1) is 6.92 Å². The predicted molar refractivity (Wildman–Crippen MR) is 100 cm³/mol. The van der Waals surface area contributed by atoms with E-state index in [1.54, 1.807) is 24.3 Å². The Morgan fingerprint density at radius 2 is 1.50 bits per heavy atom. The maximum Gasteiger partial charge on any atom is 0.201 e. The second-order valence-corrected chi connectivity index (χ2v) is 6.64. The highest BCUT2D eigenvalue weighted by Crippen LogP contribution is 2.31. The van der Waals surface area contributed by atoms with E-state index in [0.717, 1.165) is 12.2 Å². The minimum atomic E-state index is -0.125. The Kier molecular flexibility index (Phi) is 4.67. The number of benzene rings is 2. The molecule has 0 saturated heterocycles. The van der Waals surface area contributed by atoms with Crippen LogP contribution in [0.2, 0.25) is 0 Å². The van der Waals surface area contributed by atoms with Crippen molar-refractivity contribution < 1.29 is 9.59 Å². The number of fused-ring (bicyclic) bond motifs is 1. The van der Waals surface area contributed by atoms with Gasteiger partial charge in [0, 0.05) is 35.5 Å². The van der Waals surface area contributed by atoms with Crippen LogP contribution in [0.4, 0.5) is 5.69 Å². The summed E-state index contributed by atoms with van der Waals surface area (Å²) < 4.78 is 0.372. The first-order valence-corrected chi connectivity index (χ1v) is 8.71. The summed E-state index contributed by atoms with van der Waals surface area (Å²) >= 11 is 3.35. The number of aryl methyl sites for hydroxylation is 1. The highest BCUT2D eigenvalue weighted by Gasteiger charge is 2.31. The number of hydrogen-bond donors (Lipinski definition) is 0. The molecule has 0 fully saturated rings. The number of Topliss-reactive ketones (excluding diaryl/α,β-unsaturated/α-hetero) is 2. The van der Waals surface area contributed by atoms with Crippen molar-refractivity contribution in [2.24, 2.45) is 0 Å². The summed E-state index contributed by atoms with van der Waals surface area (Å²) in [7, 11) is 0. The van der Waals surface area contributed by atoms with Gasteiger partial charge in [0.2, 0.25) is 5.78 Å². The standard InChI is InChI=1S/C20H18BrNO2/c1-3-22(14-10-8-13(2)9-11-14)12-17-18(21)20(24)16-7-5-4-6-15(16)19(17)23/h4-11H,3,12H2,1-2H3. The van der Waals surface area contributed by atoms with Gasteiger partial charge >= 0.3 is 0 Å². The highest BCUT2D eigenvalue weighted by atomic mass is 79.9. The van der Waals surface area contributed by atoms with E-state index in [1.165, 1.54) is 5.56 Å². The summed E-state index contributed by atoms with van der Waals surface area (Å²) in [5.74, 6) is -0.206. The van der Waals surface area contributed by atoms with Gasteiger partial charge in [0.05, 0.1) is 4.48 Å². The zero-order chi connectivity index (χ0) is 17.3. The summed E-state index contributed by atoms with van der Waals surface area (Å²) in [6.07, 6.45) is 0. The Bertz CT molecular complexity index is 837. The SMILES string of the molecule is CCN(CC1=C(Br)C(=O)c2ccccc2C1=O)c1ccc(C)cc1. The lowest BCUT2D eigenvalue weighted by Crippen LogP contribution is -2.31. The average Bonchev–Trinajstić information content (AvgIpc) is 2.61. The molecule has 2 aromatic rings. The van der Waals surface area contributed by atoms with E-state index in [1.807, 2.05) is 38.1 Å². The number of halogens is 1. The van der Waals surface area contributed by atoms with Crippen LogP contribution in [0.25, 0.3) is 0 Å². The van der Waals surface area contributed by atoms with Gasteiger partial charge in [-0.2, -0.15) is 0 Å². The second kappa shape index (κ2) is 6.73. The first kappa shape index (κ1) is 16.7. The molecule has 0 heterocycles. The number of nitrogens with zero attached hydrogens (tertiary/aromatic N) is 1. The van der Waals surface area contributed by atoms with Gasteiger partial charge in [-0.25, -0.2) is 0 Å². The van der Waals surface area contributed by atoms with Crippen molar-refractivity contribution in [2.45, 2.75) is 13.8 Å². The molecule has 0 spiro atoms. The molecule has 0 bridgehead atoms. The molecular weight excluding hydrogens is 366 g/mol. The third-order valence-electron chi connectivity index (χ3n) is 4.28. The van der Waals surface area contributed by atoms with Gasteiger partial charge in [-0.15, -0.1) is 0 Å². The molecule has 0 aliphatic heterocycles. The fraction of sp³-hybridized carbons (Fsp3) is 0.200. The van der Waals surface area contributed by atoms with Gasteiger partial charge < -0.3 is 4.90 Å². The van der Waals surface area contributed by atoms with Crippen molar-refractivity contribution >= 4 is 33.2 Å². The van der Waals surface area contributed by atoms with Gasteiger partial charge in [-0.3, -0.25) is 9.59 Å². The molecule has 2 aromatic carbocycles. The quantitative estimate of drug-likeness (QED) is 0.776. The van der Waals surface area contributed by atoms with Crippen LogP contribution in [0.15, 0.2) is 58.6 Å². The van der Waals surface area contributed by atoms with E-state index in [4.69, 9.17) is 0 Å². The topological polar surface area (TPSA) is 37.4 Å². The largest absolute Gasteiger partial charge is 0.367 e. The lowest BCUT2D eigenvalue weighted by molar-refractivity contribution is 0.0981. The monoisotopic (exact) mass is 383 g/mol. The Hall–Kier alpha value is -2.20. The molecule has 3 rings (SSSR count). The second-order valence-electron chi connectivity index (χ2n) is 5.85. The van der Waals surface area contributed by atoms with Crippen LogP contribution in [-0.4, -0.2) is 24.7 Å². The zero-order valence-corrected chi connectivity index (χ0v) is 15.3. The molecule has 0 N–H and O–H groups in total. The normalized spacial score (nSPS) is 14.0. The molecule has 0 radical (unpaired) electrons. The number of hydrogen-bond acceptors (Lipinski definition) is 3. The van der Waals surface area contributed by atoms with E-state index >= 15 is 0 Å². The van der Waals surface area contributed by atoms with Crippen LogP contribution >= 0.6 is 15.9 Å². The van der Waals surface area contributed by atoms with Crippen molar-refractivity contribution in [3.05, 3.63) is 75.3 Å². The predicted octanol–water partition coefficient (Wildman–Crippen LogP) is 4.55. The molecule has 122 valence electrons. The van der Waals surface area contributed by atoms with Gasteiger partial charge in [-0.1, -0.05) is 42.0 Å². The molecule has 24 heavy (non-hydrogen) atoms. The summed E-state index contributed by atoms with van der Waals surface area (Å²) in [6.45, 7) is 5.23. The molecule has 0 atom stereocenters. The summed E-state index contributed by atoms with van der Waals surface area (Å²) in [5.41, 5.74) is 3.70. The number of ketones is 2. The Morgan fingerprint density at radius 3 is 2.08 bits per heavy atom. The van der Waals surface area contributed by atoms with Crippen LogP contribution in [0.5, 0.6) is 0 Å². The first-order valence-electron chi connectivity index (χ1n) is 7.91. The van der Waals surface area contributed by atoms with Crippen LogP contribution in [0.3, 0.4) is 0 Å². The Balaban J connectivity index is 1.96. The smallest absolute Gasteiger partial charge is 0.201 e. The lowest BCUT2D eigenvalue weighted by Gasteiger charge is -2.27. The maximum atomic E-state index is 12.8. The van der Waals surface area contributed by atoms with Crippen LogP contribution < -0.4 is 4.90 Å². The minimum Gasteiger partial charge on any atom is -0.367 e. The fourth-order valence-electron chi connectivity index (χ4n) is 2.87. The van der Waals surface area contributed by atoms with E-state index in [9.17, 15) is 9.59 Å². The summed E-state index contributed by atoms with van der Waals surface area (Å²) in [5, 5.41) is 0. The van der Waals surface area contributed by atoms with E-state index in [2.05, 4.69) is 20.8 Å². The van der Waals surface area contributed by atoms with Crippen molar-refractivity contribution in [3.63, 3.8) is 0 Å². The zero-order valence-electron chi connectivity index (χ0n) is 13.7. The van der Waals surface area contributed by atoms with Crippen molar-refractivity contribution in [1.82, 2.24) is 0 Å². The van der Waals surface area contributed by atoms with E-state index < -0.39 is 0 Å². The lowest BCUT2D eigenvalue weighted by atomic mass is 9.89. The van der Waals surface area contributed by atoms with Gasteiger partial charge in [-0.05, 0) is 41.9 Å².